The highest BCUT2D eigenvalue weighted by Gasteiger charge is 2.57. The molecule has 2 aliphatic heterocycles. The molecule has 2 aromatic heterocycles. The van der Waals surface area contributed by atoms with Crippen LogP contribution in [0, 0.1) is 6.92 Å². The highest BCUT2D eigenvalue weighted by molar-refractivity contribution is 7.89. The van der Waals surface area contributed by atoms with Gasteiger partial charge in [-0.3, -0.25) is 4.79 Å². The van der Waals surface area contributed by atoms with Crippen LogP contribution in [-0.4, -0.2) is 46.8 Å². The average Bonchev–Trinajstić information content (AvgIpc) is 3.48. The predicted octanol–water partition coefficient (Wildman–Crippen LogP) is 2.39. The van der Waals surface area contributed by atoms with Crippen LogP contribution >= 0.6 is 11.3 Å². The second-order valence-electron chi connectivity index (χ2n) is 7.25. The SMILES string of the molecule is Cc1nc(CN2C3(CCN(C(=O)c4ccno4)C3)c3ccccc3S2(=O)=O)cs1. The number of likely N-dealkylation sites (tertiary alicyclic amines) is 1. The fraction of sp³-hybridized carbons (Fsp3) is 0.316. The Kier molecular flexibility index (Phi) is 4.12. The van der Waals surface area contributed by atoms with Gasteiger partial charge in [0.2, 0.25) is 15.8 Å². The van der Waals surface area contributed by atoms with Gasteiger partial charge in [0, 0.05) is 24.5 Å². The highest BCUT2D eigenvalue weighted by Crippen LogP contribution is 2.50. The van der Waals surface area contributed by atoms with Crippen LogP contribution in [0.1, 0.15) is 33.2 Å². The summed E-state index contributed by atoms with van der Waals surface area (Å²) < 4.78 is 33.4. The van der Waals surface area contributed by atoms with Crippen molar-refractivity contribution in [3.8, 4) is 0 Å². The van der Waals surface area contributed by atoms with Crippen LogP contribution in [0.25, 0.3) is 0 Å². The highest BCUT2D eigenvalue weighted by atomic mass is 32.2. The van der Waals surface area contributed by atoms with Gasteiger partial charge in [0.1, 0.15) is 0 Å². The molecule has 1 atom stereocenters. The lowest BCUT2D eigenvalue weighted by atomic mass is 9.89. The first-order valence-corrected chi connectivity index (χ1v) is 11.5. The molecule has 1 spiro atoms. The van der Waals surface area contributed by atoms with Gasteiger partial charge >= 0.3 is 0 Å². The molecule has 1 aromatic carbocycles. The lowest BCUT2D eigenvalue weighted by Crippen LogP contribution is -2.46. The molecular formula is C19H18N4O4S2. The van der Waals surface area contributed by atoms with Gasteiger partial charge in [0.05, 0.1) is 33.9 Å². The summed E-state index contributed by atoms with van der Waals surface area (Å²) in [5.41, 5.74) is 0.630. The van der Waals surface area contributed by atoms with E-state index < -0.39 is 15.6 Å². The molecule has 0 bridgehead atoms. The van der Waals surface area contributed by atoms with Gasteiger partial charge in [0.25, 0.3) is 5.91 Å². The molecule has 0 N–H and O–H groups in total. The fourth-order valence-electron chi connectivity index (χ4n) is 4.30. The summed E-state index contributed by atoms with van der Waals surface area (Å²) >= 11 is 1.49. The van der Waals surface area contributed by atoms with Gasteiger partial charge in [-0.1, -0.05) is 23.4 Å². The van der Waals surface area contributed by atoms with Crippen molar-refractivity contribution in [1.29, 1.82) is 0 Å². The maximum absolute atomic E-state index is 13.4. The molecule has 1 saturated heterocycles. The van der Waals surface area contributed by atoms with Gasteiger partial charge in [-0.25, -0.2) is 13.4 Å². The van der Waals surface area contributed by atoms with Crippen molar-refractivity contribution in [3.05, 3.63) is 63.9 Å². The van der Waals surface area contributed by atoms with E-state index in [-0.39, 0.29) is 24.8 Å². The van der Waals surface area contributed by atoms with Crippen molar-refractivity contribution in [2.24, 2.45) is 0 Å². The van der Waals surface area contributed by atoms with Crippen LogP contribution in [0.15, 0.2) is 51.3 Å². The lowest BCUT2D eigenvalue weighted by Gasteiger charge is -2.33. The predicted molar refractivity (Wildman–Crippen MR) is 105 cm³/mol. The number of benzene rings is 1. The molecule has 5 rings (SSSR count). The van der Waals surface area contributed by atoms with Crippen LogP contribution < -0.4 is 0 Å². The van der Waals surface area contributed by atoms with Crippen molar-refractivity contribution >= 4 is 27.3 Å². The summed E-state index contributed by atoms with van der Waals surface area (Å²) in [7, 11) is -3.71. The van der Waals surface area contributed by atoms with Crippen molar-refractivity contribution in [3.63, 3.8) is 0 Å². The van der Waals surface area contributed by atoms with E-state index in [9.17, 15) is 13.2 Å². The van der Waals surface area contributed by atoms with Gasteiger partial charge in [0.15, 0.2) is 0 Å². The van der Waals surface area contributed by atoms with Gasteiger partial charge in [-0.15, -0.1) is 11.3 Å². The van der Waals surface area contributed by atoms with Crippen LogP contribution in [0.5, 0.6) is 0 Å². The Balaban J connectivity index is 1.57. The standard InChI is InChI=1S/C19H18N4O4S2/c1-13-21-14(11-28-13)10-23-19(15-4-2-3-5-17(15)29(23,25)26)7-9-22(12-19)18(24)16-6-8-20-27-16/h2-6,8,11H,7,9-10,12H2,1H3. The van der Waals surface area contributed by atoms with Crippen LogP contribution in [0.3, 0.4) is 0 Å². The molecule has 2 aliphatic rings. The first-order valence-electron chi connectivity index (χ1n) is 9.15. The summed E-state index contributed by atoms with van der Waals surface area (Å²) in [4.78, 5) is 19.2. The Hall–Kier alpha value is -2.56. The number of hydrogen-bond acceptors (Lipinski definition) is 7. The normalized spacial score (nSPS) is 23.0. The number of thiazole rings is 1. The van der Waals surface area contributed by atoms with E-state index in [1.54, 1.807) is 17.0 Å². The van der Waals surface area contributed by atoms with Crippen molar-refractivity contribution in [2.75, 3.05) is 13.1 Å². The number of sulfonamides is 1. The maximum atomic E-state index is 13.4. The van der Waals surface area contributed by atoms with Gasteiger partial charge < -0.3 is 9.42 Å². The number of hydrogen-bond donors (Lipinski definition) is 0. The molecule has 3 aromatic rings. The molecule has 0 saturated carbocycles. The van der Waals surface area contributed by atoms with E-state index in [0.29, 0.717) is 23.6 Å². The Morgan fingerprint density at radius 2 is 2.14 bits per heavy atom. The zero-order valence-electron chi connectivity index (χ0n) is 15.6. The van der Waals surface area contributed by atoms with Crippen LogP contribution in [0.4, 0.5) is 0 Å². The van der Waals surface area contributed by atoms with Crippen molar-refractivity contribution < 1.29 is 17.7 Å². The second kappa shape index (κ2) is 6.48. The quantitative estimate of drug-likeness (QED) is 0.633. The monoisotopic (exact) mass is 430 g/mol. The summed E-state index contributed by atoms with van der Waals surface area (Å²) in [6.45, 7) is 2.75. The molecule has 8 nitrogen and oxygen atoms in total. The number of fused-ring (bicyclic) bond motifs is 2. The summed E-state index contributed by atoms with van der Waals surface area (Å²) in [6.07, 6.45) is 1.93. The Bertz CT molecular complexity index is 1190. The maximum Gasteiger partial charge on any atom is 0.292 e. The molecule has 150 valence electrons. The lowest BCUT2D eigenvalue weighted by molar-refractivity contribution is 0.0721. The molecule has 0 radical (unpaired) electrons. The number of carbonyl (C=O) groups is 1. The fourth-order valence-corrected chi connectivity index (χ4v) is 6.93. The van der Waals surface area contributed by atoms with Crippen LogP contribution in [0.2, 0.25) is 0 Å². The zero-order chi connectivity index (χ0) is 20.2. The second-order valence-corrected chi connectivity index (χ2v) is 10.1. The van der Waals surface area contributed by atoms with Crippen LogP contribution in [-0.2, 0) is 22.1 Å². The minimum Gasteiger partial charge on any atom is -0.351 e. The molecule has 1 fully saturated rings. The van der Waals surface area contributed by atoms with E-state index in [0.717, 1.165) is 10.6 Å². The molecule has 1 amide bonds. The Labute approximate surface area is 171 Å². The molecule has 0 aliphatic carbocycles. The minimum absolute atomic E-state index is 0.151. The molecule has 10 heteroatoms. The van der Waals surface area contributed by atoms with Gasteiger partial charge in [-0.2, -0.15) is 4.31 Å². The third-order valence-corrected chi connectivity index (χ3v) is 8.38. The number of nitrogens with zero attached hydrogens (tertiary/aromatic N) is 4. The Morgan fingerprint density at radius 1 is 1.31 bits per heavy atom. The minimum atomic E-state index is -3.71. The third kappa shape index (κ3) is 2.74. The number of aromatic nitrogens is 2. The first-order chi connectivity index (χ1) is 13.9. The smallest absolute Gasteiger partial charge is 0.292 e. The van der Waals surface area contributed by atoms with E-state index in [4.69, 9.17) is 4.52 Å². The molecule has 4 heterocycles. The zero-order valence-corrected chi connectivity index (χ0v) is 17.2. The van der Waals surface area contributed by atoms with Crippen molar-refractivity contribution in [1.82, 2.24) is 19.3 Å². The number of aryl methyl sites for hydroxylation is 1. The number of rotatable bonds is 3. The van der Waals surface area contributed by atoms with Gasteiger partial charge in [-0.05, 0) is 25.0 Å². The average molecular weight is 431 g/mol. The topological polar surface area (TPSA) is 96.6 Å². The third-order valence-electron chi connectivity index (χ3n) is 5.59. The summed E-state index contributed by atoms with van der Waals surface area (Å²) in [6, 6.07) is 8.57. The summed E-state index contributed by atoms with van der Waals surface area (Å²) in [5, 5.41) is 6.37. The molecule has 29 heavy (non-hydrogen) atoms. The first kappa shape index (κ1) is 18.5. The summed E-state index contributed by atoms with van der Waals surface area (Å²) in [5.74, 6) is -0.136. The molecular weight excluding hydrogens is 412 g/mol. The Morgan fingerprint density at radius 3 is 2.86 bits per heavy atom. The van der Waals surface area contributed by atoms with E-state index in [2.05, 4.69) is 10.1 Å². The molecule has 1 unspecified atom stereocenters. The van der Waals surface area contributed by atoms with E-state index in [1.165, 1.54) is 27.9 Å². The number of amides is 1. The van der Waals surface area contributed by atoms with E-state index >= 15 is 0 Å². The number of carbonyl (C=O) groups excluding carboxylic acids is 1. The van der Waals surface area contributed by atoms with Crippen molar-refractivity contribution in [2.45, 2.75) is 30.3 Å². The van der Waals surface area contributed by atoms with E-state index in [1.807, 2.05) is 24.4 Å². The largest absolute Gasteiger partial charge is 0.351 e.